The molecule has 0 radical (unpaired) electrons. The topological polar surface area (TPSA) is 68.2 Å². The molecule has 23 heavy (non-hydrogen) atoms. The van der Waals surface area contributed by atoms with Gasteiger partial charge in [-0.2, -0.15) is 5.10 Å². The third kappa shape index (κ3) is 4.29. The average Bonchev–Trinajstić information content (AvgIpc) is 2.88. The van der Waals surface area contributed by atoms with E-state index in [9.17, 15) is 4.79 Å². The van der Waals surface area contributed by atoms with Crippen LogP contribution in [0.1, 0.15) is 29.9 Å². The van der Waals surface area contributed by atoms with Gasteiger partial charge in [0, 0.05) is 12.2 Å². The Kier molecular flexibility index (Phi) is 5.70. The zero-order valence-electron chi connectivity index (χ0n) is 13.4. The molecule has 2 rings (SSSR count). The van der Waals surface area contributed by atoms with Crippen LogP contribution in [0.3, 0.4) is 0 Å². The molecule has 0 saturated carbocycles. The summed E-state index contributed by atoms with van der Waals surface area (Å²) in [6.45, 7) is 6.96. The molecule has 1 aromatic carbocycles. The van der Waals surface area contributed by atoms with Gasteiger partial charge >= 0.3 is 5.97 Å². The zero-order valence-corrected chi connectivity index (χ0v) is 14.2. The van der Waals surface area contributed by atoms with Crippen molar-refractivity contribution in [1.82, 2.24) is 9.78 Å². The van der Waals surface area contributed by atoms with E-state index in [0.29, 0.717) is 17.3 Å². The van der Waals surface area contributed by atoms with Crippen LogP contribution in [0.2, 0.25) is 0 Å². The Morgan fingerprint density at radius 1 is 1.26 bits per heavy atom. The zero-order chi connectivity index (χ0) is 16.8. The lowest BCUT2D eigenvalue weighted by Gasteiger charge is -2.11. The molecular weight excluding hydrogens is 312 g/mol. The molecule has 0 amide bonds. The number of benzene rings is 1. The number of anilines is 2. The quantitative estimate of drug-likeness (QED) is 0.647. The summed E-state index contributed by atoms with van der Waals surface area (Å²) in [5, 5.41) is 10.9. The molecule has 122 valence electrons. The first-order valence-electron chi connectivity index (χ1n) is 7.42. The van der Waals surface area contributed by atoms with Crippen molar-refractivity contribution in [3.63, 3.8) is 0 Å². The number of hydrogen-bond donors (Lipinski definition) is 2. The van der Waals surface area contributed by atoms with E-state index in [0.717, 1.165) is 23.6 Å². The Hall–Kier alpha value is -2.41. The van der Waals surface area contributed by atoms with Crippen LogP contribution in [0.15, 0.2) is 30.5 Å². The monoisotopic (exact) mass is 332 g/mol. The van der Waals surface area contributed by atoms with Gasteiger partial charge in [0.05, 0.1) is 29.7 Å². The molecule has 0 aliphatic carbocycles. The molecule has 1 heterocycles. The van der Waals surface area contributed by atoms with Crippen LogP contribution in [0.4, 0.5) is 11.4 Å². The normalized spacial score (nSPS) is 10.2. The Balaban J connectivity index is 1.97. The fraction of sp³-hybridized carbons (Fsp3) is 0.312. The molecule has 6 nitrogen and oxygen atoms in total. The van der Waals surface area contributed by atoms with Crippen molar-refractivity contribution in [1.29, 1.82) is 0 Å². The first kappa shape index (κ1) is 17.0. The van der Waals surface area contributed by atoms with Crippen LogP contribution < -0.4 is 10.6 Å². The summed E-state index contributed by atoms with van der Waals surface area (Å²) in [6, 6.07) is 6.96. The summed E-state index contributed by atoms with van der Waals surface area (Å²) in [5.74, 6) is -0.331. The molecule has 0 aliphatic heterocycles. The molecule has 1 aromatic heterocycles. The fourth-order valence-corrected chi connectivity index (χ4v) is 2.30. The lowest BCUT2D eigenvalue weighted by molar-refractivity contribution is 0.0526. The van der Waals surface area contributed by atoms with Crippen LogP contribution >= 0.6 is 12.2 Å². The van der Waals surface area contributed by atoms with Crippen molar-refractivity contribution in [3.8, 4) is 0 Å². The predicted octanol–water partition coefficient (Wildman–Crippen LogP) is 3.20. The minimum absolute atomic E-state index is 0.331. The first-order chi connectivity index (χ1) is 11.0. The Morgan fingerprint density at radius 2 is 1.96 bits per heavy atom. The lowest BCUT2D eigenvalue weighted by atomic mass is 10.2. The summed E-state index contributed by atoms with van der Waals surface area (Å²) >= 11 is 5.30. The molecule has 7 heteroatoms. The number of thiocarbonyl (C=S) groups is 1. The fourth-order valence-electron chi connectivity index (χ4n) is 2.08. The average molecular weight is 332 g/mol. The van der Waals surface area contributed by atoms with Gasteiger partial charge in [-0.15, -0.1) is 0 Å². The van der Waals surface area contributed by atoms with Crippen molar-refractivity contribution in [2.45, 2.75) is 27.3 Å². The Bertz CT molecular complexity index is 695. The molecule has 2 N–H and O–H groups in total. The second-order valence-corrected chi connectivity index (χ2v) is 5.24. The summed E-state index contributed by atoms with van der Waals surface area (Å²) in [7, 11) is 0. The number of nitrogens with zero attached hydrogens (tertiary/aromatic N) is 2. The second-order valence-electron chi connectivity index (χ2n) is 4.84. The van der Waals surface area contributed by atoms with Gasteiger partial charge in [-0.1, -0.05) is 0 Å². The minimum atomic E-state index is -0.331. The SMILES string of the molecule is CCOC(=O)c1ccc(NC(=S)Nc2cnn(CC)c2C)cc1. The van der Waals surface area contributed by atoms with Crippen molar-refractivity contribution in [2.75, 3.05) is 17.2 Å². The van der Waals surface area contributed by atoms with E-state index in [4.69, 9.17) is 17.0 Å². The summed E-state index contributed by atoms with van der Waals surface area (Å²) < 4.78 is 6.84. The highest BCUT2D eigenvalue weighted by molar-refractivity contribution is 7.80. The van der Waals surface area contributed by atoms with Crippen LogP contribution in [0.25, 0.3) is 0 Å². The molecule has 0 fully saturated rings. The molecule has 0 spiro atoms. The summed E-state index contributed by atoms with van der Waals surface area (Å²) in [5.41, 5.74) is 3.19. The Morgan fingerprint density at radius 3 is 2.52 bits per heavy atom. The van der Waals surface area contributed by atoms with Crippen molar-refractivity contribution < 1.29 is 9.53 Å². The van der Waals surface area contributed by atoms with Crippen molar-refractivity contribution in [2.24, 2.45) is 0 Å². The maximum absolute atomic E-state index is 11.6. The van der Waals surface area contributed by atoms with Gasteiger partial charge in [-0.05, 0) is 57.3 Å². The molecule has 0 aliphatic rings. The second kappa shape index (κ2) is 7.73. The number of nitrogens with one attached hydrogen (secondary N) is 2. The molecule has 0 bridgehead atoms. The van der Waals surface area contributed by atoms with E-state index in [1.54, 1.807) is 37.4 Å². The van der Waals surface area contributed by atoms with E-state index in [2.05, 4.69) is 15.7 Å². The number of hydrogen-bond acceptors (Lipinski definition) is 4. The van der Waals surface area contributed by atoms with E-state index in [-0.39, 0.29) is 5.97 Å². The van der Waals surface area contributed by atoms with Crippen LogP contribution in [-0.4, -0.2) is 27.5 Å². The van der Waals surface area contributed by atoms with Gasteiger partial charge in [0.2, 0.25) is 0 Å². The van der Waals surface area contributed by atoms with Crippen molar-refractivity contribution in [3.05, 3.63) is 41.7 Å². The van der Waals surface area contributed by atoms with Crippen LogP contribution in [0, 0.1) is 6.92 Å². The van der Waals surface area contributed by atoms with Crippen LogP contribution in [-0.2, 0) is 11.3 Å². The van der Waals surface area contributed by atoms with Gasteiger partial charge in [0.15, 0.2) is 5.11 Å². The Labute approximate surface area is 140 Å². The number of aromatic nitrogens is 2. The highest BCUT2D eigenvalue weighted by atomic mass is 32.1. The van der Waals surface area contributed by atoms with Gasteiger partial charge in [0.1, 0.15) is 0 Å². The minimum Gasteiger partial charge on any atom is -0.462 e. The van der Waals surface area contributed by atoms with E-state index < -0.39 is 0 Å². The molecule has 0 unspecified atom stereocenters. The number of rotatable bonds is 5. The summed E-state index contributed by atoms with van der Waals surface area (Å²) in [4.78, 5) is 11.6. The maximum Gasteiger partial charge on any atom is 0.338 e. The summed E-state index contributed by atoms with van der Waals surface area (Å²) in [6.07, 6.45) is 1.75. The molecule has 0 saturated heterocycles. The third-order valence-electron chi connectivity index (χ3n) is 3.30. The lowest BCUT2D eigenvalue weighted by Crippen LogP contribution is -2.19. The highest BCUT2D eigenvalue weighted by Crippen LogP contribution is 2.15. The standard InChI is InChI=1S/C16H20N4O2S/c1-4-20-11(3)14(10-17-20)19-16(23)18-13-8-6-12(7-9-13)15(21)22-5-2/h6-10H,4-5H2,1-3H3,(H2,18,19,23). The third-order valence-corrected chi connectivity index (χ3v) is 3.51. The van der Waals surface area contributed by atoms with Gasteiger partial charge in [0.25, 0.3) is 0 Å². The van der Waals surface area contributed by atoms with Crippen LogP contribution in [0.5, 0.6) is 0 Å². The smallest absolute Gasteiger partial charge is 0.338 e. The van der Waals surface area contributed by atoms with E-state index >= 15 is 0 Å². The van der Waals surface area contributed by atoms with E-state index in [1.165, 1.54) is 0 Å². The van der Waals surface area contributed by atoms with Gasteiger partial charge in [-0.3, -0.25) is 4.68 Å². The predicted molar refractivity (Wildman–Crippen MR) is 94.9 cm³/mol. The number of aryl methyl sites for hydroxylation is 1. The highest BCUT2D eigenvalue weighted by Gasteiger charge is 2.08. The molecular formula is C16H20N4O2S. The van der Waals surface area contributed by atoms with Crippen molar-refractivity contribution >= 4 is 34.7 Å². The number of carbonyl (C=O) groups is 1. The number of carbonyl (C=O) groups excluding carboxylic acids is 1. The van der Waals surface area contributed by atoms with E-state index in [1.807, 2.05) is 18.5 Å². The number of esters is 1. The largest absolute Gasteiger partial charge is 0.462 e. The number of ether oxygens (including phenoxy) is 1. The maximum atomic E-state index is 11.6. The molecule has 0 atom stereocenters. The van der Waals surface area contributed by atoms with Gasteiger partial charge in [-0.25, -0.2) is 4.79 Å². The first-order valence-corrected chi connectivity index (χ1v) is 7.83. The van der Waals surface area contributed by atoms with Gasteiger partial charge < -0.3 is 15.4 Å². The molecule has 2 aromatic rings.